The first-order chi connectivity index (χ1) is 12.2. The van der Waals surface area contributed by atoms with Crippen LogP contribution in [0.15, 0.2) is 0 Å². The lowest BCUT2D eigenvalue weighted by Crippen LogP contribution is -2.43. The number of nitrogens with one attached hydrogen (secondary N) is 2. The van der Waals surface area contributed by atoms with Crippen LogP contribution in [0.25, 0.3) is 0 Å². The molecule has 0 aromatic heterocycles. The predicted molar refractivity (Wildman–Crippen MR) is 99.1 cm³/mol. The van der Waals surface area contributed by atoms with E-state index in [-0.39, 0.29) is 17.9 Å². The average Bonchev–Trinajstić information content (AvgIpc) is 2.92. The zero-order valence-corrected chi connectivity index (χ0v) is 15.6. The summed E-state index contributed by atoms with van der Waals surface area (Å²) < 4.78 is 0. The highest BCUT2D eigenvalue weighted by molar-refractivity contribution is 5.79. The van der Waals surface area contributed by atoms with Crippen LogP contribution >= 0.6 is 0 Å². The molecular formula is C20H35N3O2. The Kier molecular flexibility index (Phi) is 7.14. The molecule has 0 bridgehead atoms. The van der Waals surface area contributed by atoms with Crippen molar-refractivity contribution in [2.45, 2.75) is 76.7 Å². The van der Waals surface area contributed by atoms with Crippen LogP contribution in [0.4, 0.5) is 0 Å². The van der Waals surface area contributed by atoms with Gasteiger partial charge in [0.2, 0.25) is 11.8 Å². The van der Waals surface area contributed by atoms with E-state index in [2.05, 4.69) is 10.6 Å². The average molecular weight is 350 g/mol. The smallest absolute Gasteiger partial charge is 0.225 e. The van der Waals surface area contributed by atoms with Gasteiger partial charge in [-0.2, -0.15) is 0 Å². The highest BCUT2D eigenvalue weighted by atomic mass is 16.2. The molecule has 25 heavy (non-hydrogen) atoms. The summed E-state index contributed by atoms with van der Waals surface area (Å²) in [6, 6.07) is 0.283. The Morgan fingerprint density at radius 3 is 2.40 bits per heavy atom. The lowest BCUT2D eigenvalue weighted by Gasteiger charge is -2.32. The Morgan fingerprint density at radius 2 is 1.64 bits per heavy atom. The van der Waals surface area contributed by atoms with Gasteiger partial charge in [0, 0.05) is 38.0 Å². The van der Waals surface area contributed by atoms with E-state index in [0.29, 0.717) is 18.2 Å². The molecule has 0 spiro atoms. The predicted octanol–water partition coefficient (Wildman–Crippen LogP) is 2.45. The standard InChI is InChI=1S/C20H35N3O2/c24-19(15-16-5-2-1-3-6-16)22-18-9-7-17(8-10-18)20(25)23-13-4-11-21-12-14-23/h16-18,21H,1-15H2,(H,22,24). The molecule has 5 heteroatoms. The Balaban J connectivity index is 1.37. The van der Waals surface area contributed by atoms with Crippen LogP contribution in [-0.2, 0) is 9.59 Å². The number of amides is 2. The third kappa shape index (κ3) is 5.70. The van der Waals surface area contributed by atoms with E-state index in [1.165, 1.54) is 32.1 Å². The van der Waals surface area contributed by atoms with Gasteiger partial charge in [-0.15, -0.1) is 0 Å². The minimum absolute atomic E-state index is 0.171. The molecule has 142 valence electrons. The molecule has 0 radical (unpaired) electrons. The first kappa shape index (κ1) is 18.7. The fourth-order valence-corrected chi connectivity index (χ4v) is 4.75. The number of carbonyl (C=O) groups excluding carboxylic acids is 2. The maximum atomic E-state index is 12.7. The second-order valence-electron chi connectivity index (χ2n) is 8.25. The molecule has 1 aliphatic heterocycles. The van der Waals surface area contributed by atoms with Crippen molar-refractivity contribution in [3.63, 3.8) is 0 Å². The normalized spacial score (nSPS) is 29.0. The van der Waals surface area contributed by atoms with Crippen LogP contribution in [0.5, 0.6) is 0 Å². The molecule has 2 N–H and O–H groups in total. The van der Waals surface area contributed by atoms with Gasteiger partial charge in [-0.05, 0) is 57.4 Å². The van der Waals surface area contributed by atoms with Crippen molar-refractivity contribution in [1.29, 1.82) is 0 Å². The zero-order chi connectivity index (χ0) is 17.5. The van der Waals surface area contributed by atoms with Crippen molar-refractivity contribution in [2.75, 3.05) is 26.2 Å². The summed E-state index contributed by atoms with van der Waals surface area (Å²) in [5.41, 5.74) is 0. The molecule has 3 fully saturated rings. The Labute approximate surface area is 152 Å². The van der Waals surface area contributed by atoms with Crippen molar-refractivity contribution in [3.05, 3.63) is 0 Å². The first-order valence-corrected chi connectivity index (χ1v) is 10.5. The van der Waals surface area contributed by atoms with Crippen molar-refractivity contribution in [2.24, 2.45) is 11.8 Å². The van der Waals surface area contributed by atoms with E-state index in [0.717, 1.165) is 58.3 Å². The van der Waals surface area contributed by atoms with E-state index in [4.69, 9.17) is 0 Å². The molecule has 0 aromatic carbocycles. The van der Waals surface area contributed by atoms with Crippen LogP contribution in [0, 0.1) is 11.8 Å². The largest absolute Gasteiger partial charge is 0.353 e. The summed E-state index contributed by atoms with van der Waals surface area (Å²) in [6.07, 6.45) is 11.9. The van der Waals surface area contributed by atoms with Crippen molar-refractivity contribution < 1.29 is 9.59 Å². The minimum Gasteiger partial charge on any atom is -0.353 e. The Morgan fingerprint density at radius 1 is 0.880 bits per heavy atom. The molecule has 1 saturated heterocycles. The van der Waals surface area contributed by atoms with Gasteiger partial charge < -0.3 is 15.5 Å². The number of rotatable bonds is 4. The number of nitrogens with zero attached hydrogens (tertiary/aromatic N) is 1. The van der Waals surface area contributed by atoms with Gasteiger partial charge >= 0.3 is 0 Å². The van der Waals surface area contributed by atoms with Crippen LogP contribution in [0.1, 0.15) is 70.6 Å². The number of carbonyl (C=O) groups is 2. The fraction of sp³-hybridized carbons (Fsp3) is 0.900. The molecule has 5 nitrogen and oxygen atoms in total. The molecule has 3 rings (SSSR count). The van der Waals surface area contributed by atoms with E-state index < -0.39 is 0 Å². The third-order valence-electron chi connectivity index (χ3n) is 6.29. The molecule has 1 heterocycles. The van der Waals surface area contributed by atoms with Gasteiger partial charge in [0.15, 0.2) is 0 Å². The van der Waals surface area contributed by atoms with Crippen LogP contribution in [-0.4, -0.2) is 48.9 Å². The maximum absolute atomic E-state index is 12.7. The summed E-state index contributed by atoms with van der Waals surface area (Å²) >= 11 is 0. The Bertz CT molecular complexity index is 432. The molecule has 0 unspecified atom stereocenters. The van der Waals surface area contributed by atoms with Crippen LogP contribution in [0.2, 0.25) is 0 Å². The maximum Gasteiger partial charge on any atom is 0.225 e. The van der Waals surface area contributed by atoms with Gasteiger partial charge in [-0.3, -0.25) is 9.59 Å². The molecule has 2 saturated carbocycles. The van der Waals surface area contributed by atoms with Gasteiger partial charge in [-0.1, -0.05) is 19.3 Å². The highest BCUT2D eigenvalue weighted by Gasteiger charge is 2.30. The summed E-state index contributed by atoms with van der Waals surface area (Å²) in [6.45, 7) is 3.67. The van der Waals surface area contributed by atoms with E-state index in [9.17, 15) is 9.59 Å². The lowest BCUT2D eigenvalue weighted by molar-refractivity contribution is -0.136. The fourth-order valence-electron chi connectivity index (χ4n) is 4.75. The van der Waals surface area contributed by atoms with Gasteiger partial charge in [-0.25, -0.2) is 0 Å². The van der Waals surface area contributed by atoms with Crippen LogP contribution < -0.4 is 10.6 Å². The van der Waals surface area contributed by atoms with Gasteiger partial charge in [0.05, 0.1) is 0 Å². The van der Waals surface area contributed by atoms with Crippen molar-refractivity contribution in [1.82, 2.24) is 15.5 Å². The third-order valence-corrected chi connectivity index (χ3v) is 6.29. The highest BCUT2D eigenvalue weighted by Crippen LogP contribution is 2.28. The molecule has 0 aromatic rings. The van der Waals surface area contributed by atoms with Gasteiger partial charge in [0.1, 0.15) is 0 Å². The zero-order valence-electron chi connectivity index (χ0n) is 15.6. The second kappa shape index (κ2) is 9.56. The summed E-state index contributed by atoms with van der Waals surface area (Å²) in [4.78, 5) is 27.0. The quantitative estimate of drug-likeness (QED) is 0.819. The van der Waals surface area contributed by atoms with Crippen molar-refractivity contribution in [3.8, 4) is 0 Å². The number of hydrogen-bond acceptors (Lipinski definition) is 3. The lowest BCUT2D eigenvalue weighted by atomic mass is 9.84. The topological polar surface area (TPSA) is 61.4 Å². The SMILES string of the molecule is O=C(CC1CCCCC1)NC1CCC(C(=O)N2CCCNCC2)CC1. The monoisotopic (exact) mass is 349 g/mol. The molecular weight excluding hydrogens is 314 g/mol. The first-order valence-electron chi connectivity index (χ1n) is 10.5. The van der Waals surface area contributed by atoms with Crippen LogP contribution in [0.3, 0.4) is 0 Å². The number of hydrogen-bond donors (Lipinski definition) is 2. The summed E-state index contributed by atoms with van der Waals surface area (Å²) in [5, 5.41) is 6.60. The Hall–Kier alpha value is -1.10. The minimum atomic E-state index is 0.171. The van der Waals surface area contributed by atoms with E-state index in [1.54, 1.807) is 0 Å². The molecule has 2 amide bonds. The molecule has 0 atom stereocenters. The van der Waals surface area contributed by atoms with E-state index >= 15 is 0 Å². The van der Waals surface area contributed by atoms with Crippen molar-refractivity contribution >= 4 is 11.8 Å². The van der Waals surface area contributed by atoms with E-state index in [1.807, 2.05) is 4.90 Å². The molecule has 2 aliphatic carbocycles. The molecule has 3 aliphatic rings. The van der Waals surface area contributed by atoms with Gasteiger partial charge in [0.25, 0.3) is 0 Å². The summed E-state index contributed by atoms with van der Waals surface area (Å²) in [5.74, 6) is 1.35. The summed E-state index contributed by atoms with van der Waals surface area (Å²) in [7, 11) is 0. The second-order valence-corrected chi connectivity index (χ2v) is 8.25.